The van der Waals surface area contributed by atoms with Crippen molar-refractivity contribution in [2.75, 3.05) is 7.11 Å². The third kappa shape index (κ3) is 3.57. The van der Waals surface area contributed by atoms with Crippen molar-refractivity contribution < 1.29 is 19.0 Å². The standard InChI is InChI=1S/C24H24FN3O3S/c1-12-7-13(21-16(8-12)27-20(30-4)11-26-21)23-28-15-9-14(25)18(10-19(15)32-23)31-17-5-6-24(2,3)22(17)29/h7-11,17,22,29H,5-6H2,1-4H3/t17-,22-/m0/s1. The lowest BCUT2D eigenvalue weighted by molar-refractivity contribution is 0.00359. The number of benzene rings is 2. The van der Waals surface area contributed by atoms with Crippen molar-refractivity contribution in [2.45, 2.75) is 45.8 Å². The normalized spacial score (nSPS) is 20.2. The molecule has 2 aromatic heterocycles. The molecule has 0 bridgehead atoms. The van der Waals surface area contributed by atoms with Gasteiger partial charge in [-0.2, -0.15) is 0 Å². The number of ether oxygens (including phenoxy) is 2. The fourth-order valence-corrected chi connectivity index (χ4v) is 5.25. The Kier molecular flexibility index (Phi) is 5.02. The molecule has 166 valence electrons. The highest BCUT2D eigenvalue weighted by molar-refractivity contribution is 7.21. The van der Waals surface area contributed by atoms with E-state index in [1.165, 1.54) is 17.4 Å². The zero-order chi connectivity index (χ0) is 22.6. The number of nitrogens with zero attached hydrogens (tertiary/aromatic N) is 3. The lowest BCUT2D eigenvalue weighted by Gasteiger charge is -2.25. The number of thiazole rings is 1. The third-order valence-electron chi connectivity index (χ3n) is 6.15. The van der Waals surface area contributed by atoms with Crippen LogP contribution in [0.25, 0.3) is 31.8 Å². The van der Waals surface area contributed by atoms with E-state index in [0.717, 1.165) is 27.3 Å². The Bertz CT molecular complexity index is 1340. The van der Waals surface area contributed by atoms with Crippen molar-refractivity contribution >= 4 is 32.6 Å². The van der Waals surface area contributed by atoms with Crippen LogP contribution in [-0.2, 0) is 0 Å². The summed E-state index contributed by atoms with van der Waals surface area (Å²) in [6, 6.07) is 7.02. The van der Waals surface area contributed by atoms with Crippen LogP contribution < -0.4 is 9.47 Å². The second-order valence-corrected chi connectivity index (χ2v) is 10.0. The average Bonchev–Trinajstić information content (AvgIpc) is 3.28. The molecule has 1 saturated carbocycles. The first-order valence-electron chi connectivity index (χ1n) is 10.5. The van der Waals surface area contributed by atoms with Gasteiger partial charge in [-0.15, -0.1) is 11.3 Å². The Labute approximate surface area is 189 Å². The van der Waals surface area contributed by atoms with Gasteiger partial charge in [0.25, 0.3) is 0 Å². The van der Waals surface area contributed by atoms with E-state index in [-0.39, 0.29) is 11.2 Å². The fourth-order valence-electron chi connectivity index (χ4n) is 4.25. The number of aliphatic hydroxyl groups excluding tert-OH is 1. The van der Waals surface area contributed by atoms with Gasteiger partial charge in [0.1, 0.15) is 11.1 Å². The minimum absolute atomic E-state index is 0.146. The molecule has 8 heteroatoms. The molecule has 0 aliphatic heterocycles. The summed E-state index contributed by atoms with van der Waals surface area (Å²) < 4.78 is 26.7. The smallest absolute Gasteiger partial charge is 0.232 e. The van der Waals surface area contributed by atoms with Gasteiger partial charge in [-0.05, 0) is 42.9 Å². The molecule has 2 aromatic carbocycles. The Morgan fingerprint density at radius 3 is 2.69 bits per heavy atom. The quantitative estimate of drug-likeness (QED) is 0.452. The van der Waals surface area contributed by atoms with Gasteiger partial charge in [-0.25, -0.2) is 19.3 Å². The van der Waals surface area contributed by atoms with Crippen molar-refractivity contribution in [3.63, 3.8) is 0 Å². The Morgan fingerprint density at radius 1 is 1.16 bits per heavy atom. The van der Waals surface area contributed by atoms with E-state index in [1.54, 1.807) is 19.4 Å². The van der Waals surface area contributed by atoms with Crippen molar-refractivity contribution in [1.82, 2.24) is 15.0 Å². The summed E-state index contributed by atoms with van der Waals surface area (Å²) >= 11 is 1.45. The molecule has 0 amide bonds. The number of hydrogen-bond acceptors (Lipinski definition) is 7. The third-order valence-corrected chi connectivity index (χ3v) is 7.21. The van der Waals surface area contributed by atoms with Crippen LogP contribution in [0.5, 0.6) is 11.6 Å². The zero-order valence-electron chi connectivity index (χ0n) is 18.3. The second-order valence-electron chi connectivity index (χ2n) is 8.99. The minimum atomic E-state index is -0.635. The molecule has 0 spiro atoms. The number of fused-ring (bicyclic) bond motifs is 2. The zero-order valence-corrected chi connectivity index (χ0v) is 19.2. The van der Waals surface area contributed by atoms with Crippen LogP contribution in [0.1, 0.15) is 32.3 Å². The number of aliphatic hydroxyl groups is 1. The summed E-state index contributed by atoms with van der Waals surface area (Å²) in [5.41, 5.74) is 3.60. The first-order chi connectivity index (χ1) is 15.2. The number of rotatable bonds is 4. The van der Waals surface area contributed by atoms with Gasteiger partial charge in [-0.3, -0.25) is 0 Å². The Hall–Kier alpha value is -2.84. The average molecular weight is 454 g/mol. The SMILES string of the molecule is COc1cnc2c(-c3nc4cc(F)c(O[C@H]5CCC(C)(C)[C@H]5O)cc4s3)cc(C)cc2n1. The minimum Gasteiger partial charge on any atom is -0.485 e. The molecule has 6 nitrogen and oxygen atoms in total. The molecule has 32 heavy (non-hydrogen) atoms. The lowest BCUT2D eigenvalue weighted by Crippen LogP contribution is -2.34. The molecule has 1 aliphatic carbocycles. The van der Waals surface area contributed by atoms with Gasteiger partial charge in [-0.1, -0.05) is 13.8 Å². The molecule has 0 radical (unpaired) electrons. The highest BCUT2D eigenvalue weighted by Gasteiger charge is 2.42. The van der Waals surface area contributed by atoms with E-state index in [0.29, 0.717) is 28.9 Å². The van der Waals surface area contributed by atoms with Crippen molar-refractivity contribution in [2.24, 2.45) is 5.41 Å². The molecule has 2 heterocycles. The molecule has 1 fully saturated rings. The van der Waals surface area contributed by atoms with Crippen molar-refractivity contribution in [3.05, 3.63) is 41.8 Å². The fraction of sp³-hybridized carbons (Fsp3) is 0.375. The highest BCUT2D eigenvalue weighted by Crippen LogP contribution is 2.41. The number of aryl methyl sites for hydroxylation is 1. The lowest BCUT2D eigenvalue weighted by atomic mass is 9.89. The van der Waals surface area contributed by atoms with Crippen molar-refractivity contribution in [1.29, 1.82) is 0 Å². The highest BCUT2D eigenvalue weighted by atomic mass is 32.1. The van der Waals surface area contributed by atoms with E-state index < -0.39 is 18.0 Å². The van der Waals surface area contributed by atoms with E-state index in [9.17, 15) is 9.50 Å². The van der Waals surface area contributed by atoms with Crippen LogP contribution >= 0.6 is 11.3 Å². The number of aromatic nitrogens is 3. The maximum atomic E-state index is 14.8. The summed E-state index contributed by atoms with van der Waals surface area (Å²) in [6.45, 7) is 5.98. The van der Waals surface area contributed by atoms with Gasteiger partial charge in [0, 0.05) is 17.7 Å². The van der Waals surface area contributed by atoms with Crippen LogP contribution in [-0.4, -0.2) is 39.4 Å². The molecule has 5 rings (SSSR count). The van der Waals surface area contributed by atoms with Gasteiger partial charge in [0.05, 0.1) is 40.7 Å². The van der Waals surface area contributed by atoms with E-state index in [4.69, 9.17) is 9.47 Å². The Balaban J connectivity index is 1.55. The Morgan fingerprint density at radius 2 is 1.97 bits per heavy atom. The van der Waals surface area contributed by atoms with E-state index >= 15 is 0 Å². The largest absolute Gasteiger partial charge is 0.485 e. The van der Waals surface area contributed by atoms with Gasteiger partial charge in [0.2, 0.25) is 5.88 Å². The van der Waals surface area contributed by atoms with Crippen LogP contribution in [0, 0.1) is 18.2 Å². The van der Waals surface area contributed by atoms with Gasteiger partial charge >= 0.3 is 0 Å². The van der Waals surface area contributed by atoms with Crippen LogP contribution in [0.2, 0.25) is 0 Å². The van der Waals surface area contributed by atoms with Gasteiger partial charge in [0.15, 0.2) is 11.6 Å². The molecule has 0 saturated heterocycles. The molecular formula is C24H24FN3O3S. The molecule has 1 aliphatic rings. The first-order valence-corrected chi connectivity index (χ1v) is 11.3. The maximum absolute atomic E-state index is 14.8. The summed E-state index contributed by atoms with van der Waals surface area (Å²) in [5.74, 6) is 0.109. The van der Waals surface area contributed by atoms with Crippen LogP contribution in [0.4, 0.5) is 4.39 Å². The van der Waals surface area contributed by atoms with E-state index in [2.05, 4.69) is 15.0 Å². The topological polar surface area (TPSA) is 77.4 Å². The predicted octanol–water partition coefficient (Wildman–Crippen LogP) is 5.29. The molecule has 0 unspecified atom stereocenters. The number of methoxy groups -OCH3 is 1. The van der Waals surface area contributed by atoms with Crippen LogP contribution in [0.3, 0.4) is 0 Å². The predicted molar refractivity (Wildman–Crippen MR) is 123 cm³/mol. The van der Waals surface area contributed by atoms with E-state index in [1.807, 2.05) is 32.9 Å². The molecule has 2 atom stereocenters. The molecular weight excluding hydrogens is 429 g/mol. The number of hydrogen-bond donors (Lipinski definition) is 1. The summed E-state index contributed by atoms with van der Waals surface area (Å²) in [7, 11) is 1.56. The molecule has 1 N–H and O–H groups in total. The number of halogens is 1. The summed E-state index contributed by atoms with van der Waals surface area (Å²) in [6.07, 6.45) is 2.05. The summed E-state index contributed by atoms with van der Waals surface area (Å²) in [5, 5.41) is 11.2. The molecule has 4 aromatic rings. The monoisotopic (exact) mass is 453 g/mol. The summed E-state index contributed by atoms with van der Waals surface area (Å²) in [4.78, 5) is 13.7. The van der Waals surface area contributed by atoms with Crippen molar-refractivity contribution in [3.8, 4) is 22.2 Å². The van der Waals surface area contributed by atoms with Gasteiger partial charge < -0.3 is 14.6 Å². The first kappa shape index (κ1) is 21.0. The van der Waals surface area contributed by atoms with Crippen LogP contribution in [0.15, 0.2) is 30.5 Å². The second kappa shape index (κ2) is 7.64. The maximum Gasteiger partial charge on any atom is 0.232 e.